The molecule has 0 saturated carbocycles. The van der Waals surface area contributed by atoms with E-state index < -0.39 is 0 Å². The maximum absolute atomic E-state index is 11.9. The Kier molecular flexibility index (Phi) is 7.74. The second-order valence-electron chi connectivity index (χ2n) is 5.11. The molecule has 0 aliphatic rings. The normalized spacial score (nSPS) is 10.2. The SMILES string of the molecule is COCCNCC(=O)Nc1cccc(-n2nc(C)cc2C)c1.Cl. The van der Waals surface area contributed by atoms with E-state index in [4.69, 9.17) is 4.74 Å². The molecule has 0 radical (unpaired) electrons. The van der Waals surface area contributed by atoms with E-state index in [1.165, 1.54) is 0 Å². The van der Waals surface area contributed by atoms with Crippen LogP contribution in [-0.2, 0) is 9.53 Å². The van der Waals surface area contributed by atoms with Crippen LogP contribution in [0.1, 0.15) is 11.4 Å². The van der Waals surface area contributed by atoms with Crippen molar-refractivity contribution in [3.63, 3.8) is 0 Å². The third kappa shape index (κ3) is 5.67. The molecule has 1 heterocycles. The number of ether oxygens (including phenoxy) is 1. The molecule has 0 aliphatic heterocycles. The van der Waals surface area contributed by atoms with Crippen molar-refractivity contribution in [3.05, 3.63) is 41.7 Å². The Morgan fingerprint density at radius 3 is 2.74 bits per heavy atom. The first kappa shape index (κ1) is 19.2. The predicted molar refractivity (Wildman–Crippen MR) is 93.7 cm³/mol. The second-order valence-corrected chi connectivity index (χ2v) is 5.11. The minimum absolute atomic E-state index is 0. The Hall–Kier alpha value is -1.89. The molecular weight excluding hydrogens is 316 g/mol. The van der Waals surface area contributed by atoms with Gasteiger partial charge in [-0.2, -0.15) is 5.10 Å². The van der Waals surface area contributed by atoms with Crippen LogP contribution in [0.2, 0.25) is 0 Å². The van der Waals surface area contributed by atoms with Crippen LogP contribution in [0.5, 0.6) is 0 Å². The van der Waals surface area contributed by atoms with Crippen LogP contribution in [0.15, 0.2) is 30.3 Å². The number of anilines is 1. The van der Waals surface area contributed by atoms with Gasteiger partial charge < -0.3 is 15.4 Å². The Bertz CT molecular complexity index is 643. The monoisotopic (exact) mass is 338 g/mol. The molecule has 2 rings (SSSR count). The summed E-state index contributed by atoms with van der Waals surface area (Å²) >= 11 is 0. The van der Waals surface area contributed by atoms with Gasteiger partial charge in [0, 0.05) is 25.0 Å². The van der Waals surface area contributed by atoms with Crippen LogP contribution < -0.4 is 10.6 Å². The molecule has 0 unspecified atom stereocenters. The van der Waals surface area contributed by atoms with Gasteiger partial charge in [-0.05, 0) is 38.1 Å². The van der Waals surface area contributed by atoms with Crippen molar-refractivity contribution in [2.75, 3.05) is 32.1 Å². The summed E-state index contributed by atoms with van der Waals surface area (Å²) in [5.74, 6) is -0.0818. The molecule has 6 nitrogen and oxygen atoms in total. The lowest BCUT2D eigenvalue weighted by atomic mass is 10.2. The molecule has 23 heavy (non-hydrogen) atoms. The lowest BCUT2D eigenvalue weighted by molar-refractivity contribution is -0.115. The number of rotatable bonds is 7. The number of hydrogen-bond donors (Lipinski definition) is 2. The zero-order chi connectivity index (χ0) is 15.9. The number of carbonyl (C=O) groups excluding carboxylic acids is 1. The largest absolute Gasteiger partial charge is 0.383 e. The van der Waals surface area contributed by atoms with Crippen molar-refractivity contribution < 1.29 is 9.53 Å². The summed E-state index contributed by atoms with van der Waals surface area (Å²) in [7, 11) is 1.63. The molecule has 7 heteroatoms. The van der Waals surface area contributed by atoms with E-state index in [2.05, 4.69) is 15.7 Å². The van der Waals surface area contributed by atoms with Crippen molar-refractivity contribution in [2.45, 2.75) is 13.8 Å². The van der Waals surface area contributed by atoms with E-state index in [1.54, 1.807) is 7.11 Å². The lowest BCUT2D eigenvalue weighted by Gasteiger charge is -2.09. The first-order valence-corrected chi connectivity index (χ1v) is 7.23. The van der Waals surface area contributed by atoms with Gasteiger partial charge in [-0.1, -0.05) is 6.07 Å². The fraction of sp³-hybridized carbons (Fsp3) is 0.375. The maximum atomic E-state index is 11.9. The molecule has 0 bridgehead atoms. The molecule has 2 N–H and O–H groups in total. The van der Waals surface area contributed by atoms with Gasteiger partial charge in [-0.15, -0.1) is 12.4 Å². The minimum atomic E-state index is -0.0818. The third-order valence-corrected chi connectivity index (χ3v) is 3.15. The summed E-state index contributed by atoms with van der Waals surface area (Å²) in [5.41, 5.74) is 3.70. The Balaban J connectivity index is 0.00000264. The zero-order valence-corrected chi connectivity index (χ0v) is 14.4. The van der Waals surface area contributed by atoms with Crippen LogP contribution in [-0.4, -0.2) is 42.5 Å². The van der Waals surface area contributed by atoms with Crippen LogP contribution >= 0.6 is 12.4 Å². The predicted octanol–water partition coefficient (Wildman–Crippen LogP) is 2.09. The van der Waals surface area contributed by atoms with Gasteiger partial charge in [-0.25, -0.2) is 4.68 Å². The average Bonchev–Trinajstić information content (AvgIpc) is 2.83. The van der Waals surface area contributed by atoms with Gasteiger partial charge in [0.1, 0.15) is 0 Å². The number of halogens is 1. The molecule has 0 spiro atoms. The Morgan fingerprint density at radius 2 is 2.09 bits per heavy atom. The van der Waals surface area contributed by atoms with E-state index >= 15 is 0 Å². The van der Waals surface area contributed by atoms with Crippen molar-refractivity contribution in [1.29, 1.82) is 0 Å². The van der Waals surface area contributed by atoms with Gasteiger partial charge in [0.2, 0.25) is 5.91 Å². The second kappa shape index (κ2) is 9.29. The summed E-state index contributed by atoms with van der Waals surface area (Å²) < 4.78 is 6.78. The standard InChI is InChI=1S/C16H22N4O2.ClH/c1-12-9-13(2)20(19-12)15-6-4-5-14(10-15)18-16(21)11-17-7-8-22-3;/h4-6,9-10,17H,7-8,11H2,1-3H3,(H,18,21);1H. The van der Waals surface area contributed by atoms with E-state index in [9.17, 15) is 4.79 Å². The first-order valence-electron chi connectivity index (χ1n) is 7.23. The number of hydrogen-bond acceptors (Lipinski definition) is 4. The van der Waals surface area contributed by atoms with Gasteiger partial charge >= 0.3 is 0 Å². The Labute approximate surface area is 142 Å². The number of carbonyl (C=O) groups is 1. The van der Waals surface area contributed by atoms with E-state index in [1.807, 2.05) is 48.9 Å². The van der Waals surface area contributed by atoms with Crippen LogP contribution in [0.3, 0.4) is 0 Å². The molecule has 0 atom stereocenters. The average molecular weight is 339 g/mol. The number of nitrogens with zero attached hydrogens (tertiary/aromatic N) is 2. The number of amides is 1. The summed E-state index contributed by atoms with van der Waals surface area (Å²) in [6.45, 7) is 5.45. The fourth-order valence-electron chi connectivity index (χ4n) is 2.19. The van der Waals surface area contributed by atoms with E-state index in [0.29, 0.717) is 13.2 Å². The van der Waals surface area contributed by atoms with Crippen molar-refractivity contribution in [2.24, 2.45) is 0 Å². The molecule has 1 aromatic heterocycles. The number of methoxy groups -OCH3 is 1. The fourth-order valence-corrected chi connectivity index (χ4v) is 2.19. The molecule has 2 aromatic rings. The lowest BCUT2D eigenvalue weighted by Crippen LogP contribution is -2.30. The van der Waals surface area contributed by atoms with Crippen molar-refractivity contribution >= 4 is 24.0 Å². The highest BCUT2D eigenvalue weighted by atomic mass is 35.5. The number of aromatic nitrogens is 2. The Morgan fingerprint density at radius 1 is 1.30 bits per heavy atom. The quantitative estimate of drug-likeness (QED) is 0.758. The summed E-state index contributed by atoms with van der Waals surface area (Å²) in [6.07, 6.45) is 0. The van der Waals surface area contributed by atoms with Crippen LogP contribution in [0.25, 0.3) is 5.69 Å². The summed E-state index contributed by atoms with van der Waals surface area (Å²) in [4.78, 5) is 11.9. The molecule has 0 fully saturated rings. The maximum Gasteiger partial charge on any atom is 0.238 e. The molecule has 1 amide bonds. The zero-order valence-electron chi connectivity index (χ0n) is 13.6. The van der Waals surface area contributed by atoms with Crippen LogP contribution in [0.4, 0.5) is 5.69 Å². The highest BCUT2D eigenvalue weighted by Gasteiger charge is 2.06. The van der Waals surface area contributed by atoms with Crippen LogP contribution in [0, 0.1) is 13.8 Å². The highest BCUT2D eigenvalue weighted by molar-refractivity contribution is 5.92. The van der Waals surface area contributed by atoms with E-state index in [-0.39, 0.29) is 24.9 Å². The molecule has 1 aromatic carbocycles. The first-order chi connectivity index (χ1) is 10.6. The van der Waals surface area contributed by atoms with Gasteiger partial charge in [0.25, 0.3) is 0 Å². The van der Waals surface area contributed by atoms with Crippen molar-refractivity contribution in [3.8, 4) is 5.69 Å². The topological polar surface area (TPSA) is 68.2 Å². The minimum Gasteiger partial charge on any atom is -0.383 e. The highest BCUT2D eigenvalue weighted by Crippen LogP contribution is 2.16. The molecule has 0 saturated heterocycles. The third-order valence-electron chi connectivity index (χ3n) is 3.15. The number of nitrogens with one attached hydrogen (secondary N) is 2. The van der Waals surface area contributed by atoms with Gasteiger partial charge in [-0.3, -0.25) is 4.79 Å². The molecule has 126 valence electrons. The van der Waals surface area contributed by atoms with Gasteiger partial charge in [0.05, 0.1) is 24.5 Å². The number of benzene rings is 1. The smallest absolute Gasteiger partial charge is 0.238 e. The summed E-state index contributed by atoms with van der Waals surface area (Å²) in [5, 5.41) is 10.3. The summed E-state index contributed by atoms with van der Waals surface area (Å²) in [6, 6.07) is 9.66. The molecule has 0 aliphatic carbocycles. The molecular formula is C16H23ClN4O2. The number of aryl methyl sites for hydroxylation is 2. The van der Waals surface area contributed by atoms with Crippen molar-refractivity contribution in [1.82, 2.24) is 15.1 Å². The van der Waals surface area contributed by atoms with Gasteiger partial charge in [0.15, 0.2) is 0 Å². The van der Waals surface area contributed by atoms with E-state index in [0.717, 1.165) is 22.8 Å².